The van der Waals surface area contributed by atoms with Gasteiger partial charge in [0.2, 0.25) is 0 Å². The Hall–Kier alpha value is -6.12. The van der Waals surface area contributed by atoms with Crippen molar-refractivity contribution >= 4 is 55.6 Å². The predicted octanol–water partition coefficient (Wildman–Crippen LogP) is 11.5. The first-order valence-electron chi connectivity index (χ1n) is 19.8. The quantitative estimate of drug-likeness (QED) is 0.0808. The van der Waals surface area contributed by atoms with E-state index in [1.54, 1.807) is 28.9 Å². The number of nitro benzene ring substituents is 1. The van der Waals surface area contributed by atoms with Crippen molar-refractivity contribution in [2.24, 2.45) is 0 Å². The molecule has 8 aromatic rings. The Balaban J connectivity index is 0.000000182. The largest absolute Gasteiger partial charge is 0.398 e. The summed E-state index contributed by atoms with van der Waals surface area (Å²) in [6.45, 7) is 24.6. The highest BCUT2D eigenvalue weighted by Crippen LogP contribution is 2.45. The molecule has 12 nitrogen and oxygen atoms in total. The van der Waals surface area contributed by atoms with Crippen molar-refractivity contribution in [1.29, 1.82) is 0 Å². The number of nitrogens with two attached hydrogens (primary N) is 1. The normalized spacial score (nSPS) is 11.4. The Morgan fingerprint density at radius 2 is 1.02 bits per heavy atom. The lowest BCUT2D eigenvalue weighted by Gasteiger charge is -2.18. The first-order valence-corrected chi connectivity index (χ1v) is 21.4. The number of hydrogen-bond acceptors (Lipinski definition) is 11. The van der Waals surface area contributed by atoms with Crippen molar-refractivity contribution in [2.45, 2.75) is 83.1 Å². The summed E-state index contributed by atoms with van der Waals surface area (Å²) in [5, 5.41) is 18.2. The molecule has 6 aromatic heterocycles. The van der Waals surface area contributed by atoms with E-state index in [2.05, 4.69) is 96.9 Å². The van der Waals surface area contributed by atoms with Crippen LogP contribution < -0.4 is 16.4 Å². The van der Waals surface area contributed by atoms with Crippen LogP contribution in [0.15, 0.2) is 36.7 Å². The lowest BCUT2D eigenvalue weighted by atomic mass is 9.89. The molecule has 0 unspecified atom stereocenters. The molecule has 0 aliphatic heterocycles. The van der Waals surface area contributed by atoms with Gasteiger partial charge in [-0.05, 0) is 141 Å². The third kappa shape index (κ3) is 6.67. The van der Waals surface area contributed by atoms with Crippen molar-refractivity contribution in [3.05, 3.63) is 112 Å². The second kappa shape index (κ2) is 15.8. The van der Waals surface area contributed by atoms with Gasteiger partial charge >= 0.3 is 0 Å². The summed E-state index contributed by atoms with van der Waals surface area (Å²) in [5.41, 5.74) is 25.6. The molecular formula is C46H52N10O2S2. The number of thiazole rings is 2. The summed E-state index contributed by atoms with van der Waals surface area (Å²) in [4.78, 5) is 34.8. The van der Waals surface area contributed by atoms with Crippen molar-refractivity contribution in [1.82, 2.24) is 28.7 Å². The smallest absolute Gasteiger partial charge is 0.276 e. The predicted molar refractivity (Wildman–Crippen MR) is 250 cm³/mol. The summed E-state index contributed by atoms with van der Waals surface area (Å²) in [6.07, 6.45) is 3.61. The average molecular weight is 841 g/mol. The van der Waals surface area contributed by atoms with E-state index in [1.807, 2.05) is 60.1 Å². The SMILES string of the molecule is CNc1cc(-c2c(-c3c(C)c(C)c(C)c(N)c3C)nc3sc(C)c(C)n23)ccn1.CNc1cc(-c2c(-c3c(C)c(C)c(C)c([N+](=O)[O-])c3C)nc3sc(C)c(C)n23)ccn1. The number of fused-ring (bicyclic) bond motifs is 2. The summed E-state index contributed by atoms with van der Waals surface area (Å²) < 4.78 is 4.43. The van der Waals surface area contributed by atoms with E-state index in [1.165, 1.54) is 26.6 Å². The number of rotatable bonds is 7. The molecule has 0 aliphatic carbocycles. The molecular weight excluding hydrogens is 789 g/mol. The highest BCUT2D eigenvalue weighted by molar-refractivity contribution is 7.17. The Morgan fingerprint density at radius 1 is 0.600 bits per heavy atom. The molecule has 0 amide bonds. The molecule has 0 radical (unpaired) electrons. The van der Waals surface area contributed by atoms with E-state index in [0.717, 1.165) is 100 Å². The lowest BCUT2D eigenvalue weighted by molar-refractivity contribution is -0.386. The Morgan fingerprint density at radius 3 is 1.43 bits per heavy atom. The van der Waals surface area contributed by atoms with E-state index in [-0.39, 0.29) is 10.6 Å². The van der Waals surface area contributed by atoms with Crippen molar-refractivity contribution in [3.8, 4) is 45.0 Å². The fourth-order valence-corrected chi connectivity index (χ4v) is 10.2. The molecule has 0 saturated carbocycles. The zero-order chi connectivity index (χ0) is 43.6. The number of benzene rings is 2. The molecule has 0 bridgehead atoms. The zero-order valence-corrected chi connectivity index (χ0v) is 38.4. The van der Waals surface area contributed by atoms with Gasteiger partial charge in [0.15, 0.2) is 9.92 Å². The minimum atomic E-state index is -0.278. The van der Waals surface area contributed by atoms with E-state index in [0.29, 0.717) is 11.1 Å². The van der Waals surface area contributed by atoms with Crippen LogP contribution in [-0.2, 0) is 0 Å². The first kappa shape index (κ1) is 42.0. The van der Waals surface area contributed by atoms with Gasteiger partial charge in [0.05, 0.1) is 27.7 Å². The zero-order valence-electron chi connectivity index (χ0n) is 36.8. The number of nitro groups is 1. The molecule has 6 heterocycles. The maximum atomic E-state index is 11.9. The van der Waals surface area contributed by atoms with Gasteiger partial charge in [0, 0.05) is 86.7 Å². The molecule has 0 atom stereocenters. The standard InChI is InChI=1S/C23H25N5O2S.C23H27N5S/c1-11-12(2)19(14(4)21(13(11)3)28(29)30)20-22(17-8-9-25-18(10-17)24-7)27-15(5)16(6)31-23(27)26-20;1-11-12(2)19(14(4)20(24)13(11)3)21-22(17-8-9-26-18(10-17)25-7)28-15(5)16(6)29-23(28)27-21/h8-10H,1-7H3,(H,24,25);8-10H,24H2,1-7H3,(H,25,26). The van der Waals surface area contributed by atoms with Crippen LogP contribution in [0.3, 0.4) is 0 Å². The van der Waals surface area contributed by atoms with Crippen LogP contribution in [0.2, 0.25) is 0 Å². The van der Waals surface area contributed by atoms with Gasteiger partial charge in [-0.25, -0.2) is 19.9 Å². The fraction of sp³-hybridized carbons (Fsp3) is 0.304. The van der Waals surface area contributed by atoms with Crippen LogP contribution in [-0.4, -0.2) is 47.8 Å². The topological polar surface area (TPSA) is 154 Å². The highest BCUT2D eigenvalue weighted by Gasteiger charge is 2.29. The van der Waals surface area contributed by atoms with Crippen LogP contribution >= 0.6 is 22.7 Å². The molecule has 8 rings (SSSR count). The monoisotopic (exact) mass is 840 g/mol. The summed E-state index contributed by atoms with van der Waals surface area (Å²) >= 11 is 3.35. The third-order valence-electron chi connectivity index (χ3n) is 12.4. The minimum absolute atomic E-state index is 0.166. The number of nitrogens with one attached hydrogen (secondary N) is 2. The third-order valence-corrected chi connectivity index (χ3v) is 14.5. The summed E-state index contributed by atoms with van der Waals surface area (Å²) in [7, 11) is 3.72. The van der Waals surface area contributed by atoms with E-state index >= 15 is 0 Å². The molecule has 4 N–H and O–H groups in total. The fourth-order valence-electron chi connectivity index (χ4n) is 8.28. The summed E-state index contributed by atoms with van der Waals surface area (Å²) in [5.74, 6) is 1.59. The van der Waals surface area contributed by atoms with Gasteiger partial charge < -0.3 is 16.4 Å². The van der Waals surface area contributed by atoms with E-state index in [4.69, 9.17) is 15.7 Å². The van der Waals surface area contributed by atoms with Gasteiger partial charge in [-0.2, -0.15) is 0 Å². The molecule has 0 fully saturated rings. The molecule has 14 heteroatoms. The van der Waals surface area contributed by atoms with Gasteiger partial charge in [0.25, 0.3) is 5.69 Å². The highest BCUT2D eigenvalue weighted by atomic mass is 32.1. The van der Waals surface area contributed by atoms with Crippen LogP contribution in [0.1, 0.15) is 65.6 Å². The van der Waals surface area contributed by atoms with Crippen LogP contribution in [0.5, 0.6) is 0 Å². The van der Waals surface area contributed by atoms with Gasteiger partial charge in [-0.15, -0.1) is 22.7 Å². The second-order valence-electron chi connectivity index (χ2n) is 15.5. The van der Waals surface area contributed by atoms with Crippen LogP contribution in [0.4, 0.5) is 23.0 Å². The maximum absolute atomic E-state index is 11.9. The number of hydrogen-bond donors (Lipinski definition) is 3. The van der Waals surface area contributed by atoms with Gasteiger partial charge in [-0.3, -0.25) is 18.9 Å². The number of nitrogen functional groups attached to an aromatic ring is 1. The van der Waals surface area contributed by atoms with Crippen molar-refractivity contribution < 1.29 is 4.92 Å². The number of aromatic nitrogens is 6. The van der Waals surface area contributed by atoms with Gasteiger partial charge in [0.1, 0.15) is 11.6 Å². The van der Waals surface area contributed by atoms with Gasteiger partial charge in [-0.1, -0.05) is 0 Å². The second-order valence-corrected chi connectivity index (χ2v) is 17.8. The number of aryl methyl sites for hydroxylation is 4. The minimum Gasteiger partial charge on any atom is -0.398 e. The first-order chi connectivity index (χ1) is 28.4. The number of pyridine rings is 2. The Labute approximate surface area is 358 Å². The Bertz CT molecular complexity index is 3010. The number of anilines is 3. The molecule has 2 aromatic carbocycles. The average Bonchev–Trinajstić information content (AvgIpc) is 3.94. The van der Waals surface area contributed by atoms with Crippen molar-refractivity contribution in [2.75, 3.05) is 30.5 Å². The molecule has 310 valence electrons. The van der Waals surface area contributed by atoms with E-state index < -0.39 is 0 Å². The van der Waals surface area contributed by atoms with Crippen LogP contribution in [0.25, 0.3) is 55.0 Å². The maximum Gasteiger partial charge on any atom is 0.276 e. The summed E-state index contributed by atoms with van der Waals surface area (Å²) in [6, 6.07) is 8.07. The molecule has 0 aliphatic rings. The Kier molecular flexibility index (Phi) is 11.1. The number of nitrogens with zero attached hydrogens (tertiary/aromatic N) is 7. The molecule has 0 saturated heterocycles. The molecule has 0 spiro atoms. The van der Waals surface area contributed by atoms with Crippen molar-refractivity contribution in [3.63, 3.8) is 0 Å². The lowest BCUT2D eigenvalue weighted by Crippen LogP contribution is -2.04. The van der Waals surface area contributed by atoms with Crippen LogP contribution in [0, 0.1) is 93.2 Å². The number of imidazole rings is 2. The van der Waals surface area contributed by atoms with E-state index in [9.17, 15) is 10.1 Å². The molecule has 60 heavy (non-hydrogen) atoms.